The second-order valence-corrected chi connectivity index (χ2v) is 13.0. The van der Waals surface area contributed by atoms with Crippen LogP contribution >= 0.6 is 15.9 Å². The van der Waals surface area contributed by atoms with E-state index in [1.165, 1.54) is 13.3 Å². The molecule has 1 saturated carbocycles. The van der Waals surface area contributed by atoms with Gasteiger partial charge in [0.1, 0.15) is 34.5 Å². The van der Waals surface area contributed by atoms with Crippen molar-refractivity contribution in [2.75, 3.05) is 11.9 Å². The van der Waals surface area contributed by atoms with Crippen molar-refractivity contribution in [3.05, 3.63) is 64.9 Å². The molecule has 6 rings (SSSR count). The normalized spacial score (nSPS) is 20.2. The van der Waals surface area contributed by atoms with E-state index in [0.717, 1.165) is 29.8 Å². The summed E-state index contributed by atoms with van der Waals surface area (Å²) >= 11 is 3.31. The number of nitrogens with zero attached hydrogens (tertiary/aromatic N) is 6. The monoisotopic (exact) mass is 667 g/mol. The summed E-state index contributed by atoms with van der Waals surface area (Å²) in [5.41, 5.74) is 2.66. The Morgan fingerprint density at radius 2 is 1.89 bits per heavy atom. The second-order valence-electron chi connectivity index (χ2n) is 12.2. The first-order valence-electron chi connectivity index (χ1n) is 15.5. The van der Waals surface area contributed by atoms with Gasteiger partial charge in [0.2, 0.25) is 11.8 Å². The minimum Gasteiger partial charge on any atom is -0.329 e. The third-order valence-corrected chi connectivity index (χ3v) is 9.51. The average molecular weight is 668 g/mol. The topological polar surface area (TPSA) is 123 Å². The number of pyridine rings is 1. The highest BCUT2D eigenvalue weighted by molar-refractivity contribution is 9.10. The number of fused-ring (bicyclic) bond motifs is 1. The standard InChI is InChI=1S/C33H35BBrN7O3/c1-19(15-34)13-22-8-10-24(22)32-36-16-23(17-37-32)21-9-11-26-25(14-21)31(20(2)43)40-42(26)18-30(44)41-12-4-5-27(41)33(45)39-29-7-3-6-28(35)38-29/h3,6-7,9,11,14,16-17,19,22,24,27H,4-5,8,10,12-13,15,18H2,1-2H3,(H,38,39,45)/t19?,22?,24?,27-/m0/s1. The lowest BCUT2D eigenvalue weighted by Crippen LogP contribution is -2.44. The number of hydrogen-bond donors (Lipinski definition) is 1. The van der Waals surface area contributed by atoms with E-state index in [-0.39, 0.29) is 24.1 Å². The molecule has 3 aromatic heterocycles. The van der Waals surface area contributed by atoms with E-state index >= 15 is 0 Å². The molecule has 2 radical (unpaired) electrons. The molecular formula is C33H35BBrN7O3. The highest BCUT2D eigenvalue weighted by Crippen LogP contribution is 2.45. The molecular weight excluding hydrogens is 633 g/mol. The lowest BCUT2D eigenvalue weighted by molar-refractivity contribution is -0.137. The largest absolute Gasteiger partial charge is 0.329 e. The van der Waals surface area contributed by atoms with Crippen molar-refractivity contribution in [3.8, 4) is 11.1 Å². The molecule has 3 unspecified atom stereocenters. The first-order valence-corrected chi connectivity index (χ1v) is 16.3. The van der Waals surface area contributed by atoms with Gasteiger partial charge in [-0.15, -0.1) is 0 Å². The highest BCUT2D eigenvalue weighted by atomic mass is 79.9. The van der Waals surface area contributed by atoms with Crippen molar-refractivity contribution in [3.63, 3.8) is 0 Å². The maximum absolute atomic E-state index is 13.5. The number of Topliss-reactive ketones (excluding diaryl/α,β-unsaturated/α-hetero) is 1. The zero-order chi connectivity index (χ0) is 31.7. The zero-order valence-electron chi connectivity index (χ0n) is 25.4. The molecule has 0 bridgehead atoms. The number of halogens is 1. The van der Waals surface area contributed by atoms with Crippen LogP contribution in [0.2, 0.25) is 6.32 Å². The molecule has 12 heteroatoms. The number of carbonyl (C=O) groups is 3. The van der Waals surface area contributed by atoms with Crippen LogP contribution in [0.15, 0.2) is 53.4 Å². The number of ketones is 1. The molecule has 4 atom stereocenters. The summed E-state index contributed by atoms with van der Waals surface area (Å²) in [6, 6.07) is 10.4. The Kier molecular flexibility index (Phi) is 9.12. The van der Waals surface area contributed by atoms with Crippen LogP contribution in [0.5, 0.6) is 0 Å². The predicted octanol–water partition coefficient (Wildman–Crippen LogP) is 5.59. The maximum atomic E-state index is 13.5. The number of aromatic nitrogens is 5. The zero-order valence-corrected chi connectivity index (χ0v) is 27.0. The molecule has 230 valence electrons. The van der Waals surface area contributed by atoms with Crippen LogP contribution in [0.1, 0.15) is 68.2 Å². The number of likely N-dealkylation sites (tertiary alicyclic amines) is 1. The number of benzene rings is 1. The Morgan fingerprint density at radius 1 is 1.09 bits per heavy atom. The first-order chi connectivity index (χ1) is 21.7. The van der Waals surface area contributed by atoms with Gasteiger partial charge < -0.3 is 10.2 Å². The summed E-state index contributed by atoms with van der Waals surface area (Å²) in [6.45, 7) is 4.03. The van der Waals surface area contributed by atoms with E-state index in [0.29, 0.717) is 70.5 Å². The van der Waals surface area contributed by atoms with Crippen molar-refractivity contribution in [1.29, 1.82) is 0 Å². The van der Waals surface area contributed by atoms with Gasteiger partial charge in [-0.2, -0.15) is 5.10 Å². The fourth-order valence-corrected chi connectivity index (χ4v) is 6.81. The molecule has 45 heavy (non-hydrogen) atoms. The van der Waals surface area contributed by atoms with E-state index in [4.69, 9.17) is 17.8 Å². The number of anilines is 1. The van der Waals surface area contributed by atoms with Gasteiger partial charge in [-0.3, -0.25) is 19.1 Å². The Bertz CT molecular complexity index is 1740. The number of hydrogen-bond acceptors (Lipinski definition) is 7. The number of rotatable bonds is 10. The molecule has 1 saturated heterocycles. The Hall–Kier alpha value is -3.93. The molecule has 4 aromatic rings. The Labute approximate surface area is 271 Å². The van der Waals surface area contributed by atoms with Crippen LogP contribution < -0.4 is 5.32 Å². The van der Waals surface area contributed by atoms with E-state index in [1.54, 1.807) is 27.8 Å². The third kappa shape index (κ3) is 6.56. The number of amides is 2. The molecule has 1 N–H and O–H groups in total. The number of carbonyl (C=O) groups excluding carboxylic acids is 3. The van der Waals surface area contributed by atoms with E-state index in [1.807, 2.05) is 30.6 Å². The minimum absolute atomic E-state index is 0.0921. The summed E-state index contributed by atoms with van der Waals surface area (Å²) in [5, 5.41) is 8.01. The van der Waals surface area contributed by atoms with Crippen molar-refractivity contribution < 1.29 is 14.4 Å². The maximum Gasteiger partial charge on any atom is 0.248 e. The van der Waals surface area contributed by atoms with E-state index < -0.39 is 6.04 Å². The van der Waals surface area contributed by atoms with Crippen molar-refractivity contribution >= 4 is 58.1 Å². The molecule has 1 aliphatic heterocycles. The Balaban J connectivity index is 1.19. The van der Waals surface area contributed by atoms with Gasteiger partial charge >= 0.3 is 0 Å². The van der Waals surface area contributed by atoms with Gasteiger partial charge in [-0.05, 0) is 83.8 Å². The van der Waals surface area contributed by atoms with Gasteiger partial charge in [-0.25, -0.2) is 15.0 Å². The van der Waals surface area contributed by atoms with Crippen LogP contribution in [0.25, 0.3) is 22.0 Å². The van der Waals surface area contributed by atoms with Gasteiger partial charge in [0.05, 0.1) is 13.4 Å². The smallest absolute Gasteiger partial charge is 0.248 e. The summed E-state index contributed by atoms with van der Waals surface area (Å²) in [7, 11) is 5.84. The predicted molar refractivity (Wildman–Crippen MR) is 176 cm³/mol. The lowest BCUT2D eigenvalue weighted by Gasteiger charge is -2.37. The van der Waals surface area contributed by atoms with Gasteiger partial charge in [-0.1, -0.05) is 31.3 Å². The summed E-state index contributed by atoms with van der Waals surface area (Å²) in [6.07, 6.45) is 9.03. The summed E-state index contributed by atoms with van der Waals surface area (Å²) in [4.78, 5) is 54.5. The Morgan fingerprint density at radius 3 is 2.58 bits per heavy atom. The second kappa shape index (κ2) is 13.2. The fourth-order valence-electron chi connectivity index (χ4n) is 6.47. The number of nitrogens with one attached hydrogen (secondary N) is 1. The van der Waals surface area contributed by atoms with Gasteiger partial charge in [0.25, 0.3) is 0 Å². The molecule has 1 aromatic carbocycles. The van der Waals surface area contributed by atoms with Crippen molar-refractivity contribution in [1.82, 2.24) is 29.6 Å². The van der Waals surface area contributed by atoms with Crippen molar-refractivity contribution in [2.45, 2.75) is 70.8 Å². The van der Waals surface area contributed by atoms with Gasteiger partial charge in [0.15, 0.2) is 5.78 Å². The molecule has 4 heterocycles. The van der Waals surface area contributed by atoms with Crippen LogP contribution in [0.4, 0.5) is 5.82 Å². The van der Waals surface area contributed by atoms with E-state index in [2.05, 4.69) is 38.3 Å². The fraction of sp³-hybridized carbons (Fsp3) is 0.424. The van der Waals surface area contributed by atoms with Gasteiger partial charge in [0, 0.05) is 42.7 Å². The molecule has 0 spiro atoms. The van der Waals surface area contributed by atoms with Crippen LogP contribution in [-0.4, -0.2) is 67.7 Å². The van der Waals surface area contributed by atoms with Crippen LogP contribution in [0.3, 0.4) is 0 Å². The average Bonchev–Trinajstić information content (AvgIpc) is 3.65. The molecule has 1 aliphatic carbocycles. The third-order valence-electron chi connectivity index (χ3n) is 9.07. The van der Waals surface area contributed by atoms with Crippen molar-refractivity contribution in [2.24, 2.45) is 11.8 Å². The SMILES string of the molecule is [B]CC(C)CC1CCC1c1ncc(-c2ccc3c(c2)c(C(C)=O)nn3CC(=O)N2CCC[C@H]2C(=O)Nc2cccc(Br)n2)cn1. The lowest BCUT2D eigenvalue weighted by atomic mass is 9.68. The molecule has 2 amide bonds. The summed E-state index contributed by atoms with van der Waals surface area (Å²) in [5.74, 6) is 2.01. The van der Waals surface area contributed by atoms with E-state index in [9.17, 15) is 14.4 Å². The molecule has 10 nitrogen and oxygen atoms in total. The molecule has 2 fully saturated rings. The summed E-state index contributed by atoms with van der Waals surface area (Å²) < 4.78 is 2.16. The molecule has 2 aliphatic rings. The quantitative estimate of drug-likeness (QED) is 0.133. The highest BCUT2D eigenvalue weighted by Gasteiger charge is 2.36. The van der Waals surface area contributed by atoms with Crippen LogP contribution in [0, 0.1) is 11.8 Å². The van der Waals surface area contributed by atoms with Crippen LogP contribution in [-0.2, 0) is 16.1 Å². The minimum atomic E-state index is -0.610. The first kappa shape index (κ1) is 31.1.